The van der Waals surface area contributed by atoms with Gasteiger partial charge in [0.25, 0.3) is 5.91 Å². The van der Waals surface area contributed by atoms with Crippen molar-refractivity contribution in [3.63, 3.8) is 0 Å². The van der Waals surface area contributed by atoms with E-state index in [9.17, 15) is 13.2 Å². The maximum absolute atomic E-state index is 12.2. The van der Waals surface area contributed by atoms with Gasteiger partial charge in [-0.15, -0.1) is 0 Å². The molecular weight excluding hydrogens is 304 g/mol. The molecule has 0 heterocycles. The van der Waals surface area contributed by atoms with Crippen LogP contribution in [0.2, 0.25) is 0 Å². The molecule has 1 rings (SSSR count). The lowest BCUT2D eigenvalue weighted by atomic mass is 10.2. The van der Waals surface area contributed by atoms with E-state index in [0.29, 0.717) is 18.7 Å². The molecule has 0 atom stereocenters. The number of rotatable bonds is 9. The number of nitrogens with one attached hydrogen (secondary N) is 1. The molecule has 1 N–H and O–H groups in total. The zero-order valence-corrected chi connectivity index (χ0v) is 14.1. The Morgan fingerprint density at radius 2 is 1.91 bits per heavy atom. The molecule has 0 spiro atoms. The van der Waals surface area contributed by atoms with Crippen molar-refractivity contribution >= 4 is 15.9 Å². The van der Waals surface area contributed by atoms with Gasteiger partial charge in [-0.25, -0.2) is 13.1 Å². The average Bonchev–Trinajstić information content (AvgIpc) is 2.52. The molecule has 0 unspecified atom stereocenters. The van der Waals surface area contributed by atoms with Gasteiger partial charge in [-0.2, -0.15) is 0 Å². The summed E-state index contributed by atoms with van der Waals surface area (Å²) in [6.07, 6.45) is 1.96. The number of sulfonamides is 1. The quantitative estimate of drug-likeness (QED) is 0.697. The van der Waals surface area contributed by atoms with Gasteiger partial charge in [0, 0.05) is 32.8 Å². The lowest BCUT2D eigenvalue weighted by Crippen LogP contribution is -2.28. The van der Waals surface area contributed by atoms with Crippen LogP contribution in [-0.2, 0) is 14.8 Å². The molecule has 0 fully saturated rings. The Kier molecular flexibility index (Phi) is 7.50. The number of carbonyl (C=O) groups excluding carboxylic acids is 1. The average molecular weight is 328 g/mol. The third kappa shape index (κ3) is 5.40. The zero-order chi connectivity index (χ0) is 16.6. The van der Waals surface area contributed by atoms with Crippen LogP contribution in [0.3, 0.4) is 0 Å². The van der Waals surface area contributed by atoms with Crippen molar-refractivity contribution in [1.82, 2.24) is 9.62 Å². The number of nitrogens with zero attached hydrogens (tertiary/aromatic N) is 1. The van der Waals surface area contributed by atoms with Crippen molar-refractivity contribution in [2.75, 3.05) is 33.9 Å². The van der Waals surface area contributed by atoms with Gasteiger partial charge in [0.15, 0.2) is 0 Å². The first-order chi connectivity index (χ1) is 10.4. The van der Waals surface area contributed by atoms with Gasteiger partial charge in [0.1, 0.15) is 0 Å². The number of hydrogen-bond acceptors (Lipinski definition) is 4. The molecule has 0 aliphatic carbocycles. The Hall–Kier alpha value is -1.44. The lowest BCUT2D eigenvalue weighted by molar-refractivity contribution is 0.0793. The first-order valence-corrected chi connectivity index (χ1v) is 8.74. The summed E-state index contributed by atoms with van der Waals surface area (Å²) < 4.78 is 31.2. The SMILES string of the molecule is CCCCN(C)C(=O)c1ccc(S(=O)(=O)NCCOC)cc1. The van der Waals surface area contributed by atoms with Gasteiger partial charge in [-0.3, -0.25) is 4.79 Å². The second-order valence-corrected chi connectivity index (χ2v) is 6.76. The van der Waals surface area contributed by atoms with Crippen LogP contribution < -0.4 is 4.72 Å². The zero-order valence-electron chi connectivity index (χ0n) is 13.3. The summed E-state index contributed by atoms with van der Waals surface area (Å²) in [6, 6.07) is 5.96. The molecule has 0 aliphatic heterocycles. The number of amides is 1. The Bertz CT molecular complexity index is 570. The molecular formula is C15H24N2O4S. The summed E-state index contributed by atoms with van der Waals surface area (Å²) in [5.74, 6) is -0.107. The smallest absolute Gasteiger partial charge is 0.253 e. The summed E-state index contributed by atoms with van der Waals surface area (Å²) in [5.41, 5.74) is 0.481. The van der Waals surface area contributed by atoms with Crippen LogP contribution in [0.15, 0.2) is 29.2 Å². The van der Waals surface area contributed by atoms with Crippen LogP contribution in [0.25, 0.3) is 0 Å². The standard InChI is InChI=1S/C15H24N2O4S/c1-4-5-11-17(2)15(18)13-6-8-14(9-7-13)22(19,20)16-10-12-21-3/h6-9,16H,4-5,10-12H2,1-3H3. The van der Waals surface area contributed by atoms with Gasteiger partial charge in [0.05, 0.1) is 11.5 Å². The molecule has 22 heavy (non-hydrogen) atoms. The van der Waals surface area contributed by atoms with E-state index in [4.69, 9.17) is 4.74 Å². The number of unbranched alkanes of at least 4 members (excludes halogenated alkanes) is 1. The number of benzene rings is 1. The van der Waals surface area contributed by atoms with Crippen molar-refractivity contribution in [1.29, 1.82) is 0 Å². The van der Waals surface area contributed by atoms with E-state index in [1.807, 2.05) is 0 Å². The summed E-state index contributed by atoms with van der Waals surface area (Å²) in [4.78, 5) is 13.9. The molecule has 0 aromatic heterocycles. The minimum Gasteiger partial charge on any atom is -0.383 e. The van der Waals surface area contributed by atoms with Gasteiger partial charge in [-0.05, 0) is 30.7 Å². The van der Waals surface area contributed by atoms with Crippen LogP contribution in [0, 0.1) is 0 Å². The Morgan fingerprint density at radius 3 is 2.45 bits per heavy atom. The molecule has 0 radical (unpaired) electrons. The van der Waals surface area contributed by atoms with Crippen molar-refractivity contribution in [3.8, 4) is 0 Å². The number of hydrogen-bond donors (Lipinski definition) is 1. The molecule has 0 saturated heterocycles. The van der Waals surface area contributed by atoms with E-state index in [0.717, 1.165) is 12.8 Å². The predicted octanol–water partition coefficient (Wildman–Crippen LogP) is 1.48. The van der Waals surface area contributed by atoms with Crippen molar-refractivity contribution in [3.05, 3.63) is 29.8 Å². The summed E-state index contributed by atoms with van der Waals surface area (Å²) in [6.45, 7) is 3.26. The van der Waals surface area contributed by atoms with Gasteiger partial charge < -0.3 is 9.64 Å². The Morgan fingerprint density at radius 1 is 1.27 bits per heavy atom. The molecule has 1 aromatic rings. The van der Waals surface area contributed by atoms with Crippen molar-refractivity contribution < 1.29 is 17.9 Å². The fourth-order valence-corrected chi connectivity index (χ4v) is 2.87. The minimum atomic E-state index is -3.56. The lowest BCUT2D eigenvalue weighted by Gasteiger charge is -2.16. The molecule has 1 aromatic carbocycles. The number of carbonyl (C=O) groups is 1. The second kappa shape index (κ2) is 8.87. The van der Waals surface area contributed by atoms with Gasteiger partial charge >= 0.3 is 0 Å². The Balaban J connectivity index is 2.75. The highest BCUT2D eigenvalue weighted by molar-refractivity contribution is 7.89. The molecule has 124 valence electrons. The van der Waals surface area contributed by atoms with Crippen LogP contribution in [0.5, 0.6) is 0 Å². The number of methoxy groups -OCH3 is 1. The van der Waals surface area contributed by atoms with E-state index in [1.165, 1.54) is 31.4 Å². The summed E-state index contributed by atoms with van der Waals surface area (Å²) >= 11 is 0. The van der Waals surface area contributed by atoms with E-state index >= 15 is 0 Å². The summed E-state index contributed by atoms with van der Waals surface area (Å²) in [5, 5.41) is 0. The highest BCUT2D eigenvalue weighted by atomic mass is 32.2. The van der Waals surface area contributed by atoms with E-state index in [1.54, 1.807) is 11.9 Å². The molecule has 1 amide bonds. The van der Waals surface area contributed by atoms with E-state index in [-0.39, 0.29) is 17.3 Å². The molecule has 0 saturated carbocycles. The predicted molar refractivity (Wildman–Crippen MR) is 85.4 cm³/mol. The molecule has 0 bridgehead atoms. The van der Waals surface area contributed by atoms with Crippen molar-refractivity contribution in [2.24, 2.45) is 0 Å². The molecule has 6 nitrogen and oxygen atoms in total. The van der Waals surface area contributed by atoms with Crippen LogP contribution in [0.4, 0.5) is 0 Å². The van der Waals surface area contributed by atoms with Gasteiger partial charge in [-0.1, -0.05) is 13.3 Å². The first kappa shape index (κ1) is 18.6. The number of ether oxygens (including phenoxy) is 1. The van der Waals surface area contributed by atoms with Gasteiger partial charge in [0.2, 0.25) is 10.0 Å². The third-order valence-corrected chi connectivity index (χ3v) is 4.68. The van der Waals surface area contributed by atoms with E-state index in [2.05, 4.69) is 11.6 Å². The van der Waals surface area contributed by atoms with Crippen LogP contribution in [0.1, 0.15) is 30.1 Å². The summed E-state index contributed by atoms with van der Waals surface area (Å²) in [7, 11) is -0.316. The monoisotopic (exact) mass is 328 g/mol. The highest BCUT2D eigenvalue weighted by Gasteiger charge is 2.15. The molecule has 7 heteroatoms. The van der Waals surface area contributed by atoms with Crippen molar-refractivity contribution in [2.45, 2.75) is 24.7 Å². The maximum atomic E-state index is 12.2. The highest BCUT2D eigenvalue weighted by Crippen LogP contribution is 2.12. The minimum absolute atomic E-state index is 0.107. The third-order valence-electron chi connectivity index (χ3n) is 3.20. The van der Waals surface area contributed by atoms with Crippen LogP contribution in [-0.4, -0.2) is 53.1 Å². The second-order valence-electron chi connectivity index (χ2n) is 5.00. The first-order valence-electron chi connectivity index (χ1n) is 7.26. The van der Waals surface area contributed by atoms with E-state index < -0.39 is 10.0 Å². The van der Waals surface area contributed by atoms with Crippen LogP contribution >= 0.6 is 0 Å². The fraction of sp³-hybridized carbons (Fsp3) is 0.533. The maximum Gasteiger partial charge on any atom is 0.253 e. The normalized spacial score (nSPS) is 11.4. The Labute approximate surface area is 132 Å². The fourth-order valence-electron chi connectivity index (χ4n) is 1.86. The molecule has 0 aliphatic rings. The largest absolute Gasteiger partial charge is 0.383 e. The topological polar surface area (TPSA) is 75.7 Å².